The van der Waals surface area contributed by atoms with Crippen LogP contribution in [-0.4, -0.2) is 17.4 Å². The van der Waals surface area contributed by atoms with Crippen LogP contribution in [-0.2, 0) is 4.79 Å². The van der Waals surface area contributed by atoms with Crippen LogP contribution in [0.25, 0.3) is 0 Å². The molecule has 3 aromatic rings. The Morgan fingerprint density at radius 1 is 0.941 bits per heavy atom. The molecule has 6 heteroatoms. The van der Waals surface area contributed by atoms with Crippen LogP contribution in [0.1, 0.15) is 28.8 Å². The molecule has 0 fully saturated rings. The number of Topliss-reactive ketones (excluding diaryl/α,β-unsaturated/α-hetero) is 1. The number of anilines is 1. The number of carbonyl (C=O) groups is 2. The summed E-state index contributed by atoms with van der Waals surface area (Å²) < 4.78 is 0. The third kappa shape index (κ3) is 5.11. The van der Waals surface area contributed by atoms with E-state index in [1.54, 1.807) is 12.1 Å². The maximum Gasteiger partial charge on any atom is 0.254 e. The van der Waals surface area contributed by atoms with E-state index in [0.717, 1.165) is 5.56 Å². The largest absolute Gasteiger partial charge is 0.353 e. The van der Waals surface area contributed by atoms with E-state index in [9.17, 15) is 14.9 Å². The Hall–Kier alpha value is -4.08. The first-order valence-corrected chi connectivity index (χ1v) is 11.8. The Labute approximate surface area is 203 Å². The van der Waals surface area contributed by atoms with Gasteiger partial charge in [0.25, 0.3) is 5.91 Å². The second kappa shape index (κ2) is 10.7. The second-order valence-corrected chi connectivity index (χ2v) is 8.75. The molecule has 2 N–H and O–H groups in total. The van der Waals surface area contributed by atoms with Crippen molar-refractivity contribution in [3.05, 3.63) is 124 Å². The molecule has 0 radical (unpaired) electrons. The number of nitrogens with zero attached hydrogens (tertiary/aromatic N) is 1. The van der Waals surface area contributed by atoms with Gasteiger partial charge in [-0.2, -0.15) is 5.26 Å². The van der Waals surface area contributed by atoms with Crippen molar-refractivity contribution >= 4 is 29.1 Å². The zero-order valence-corrected chi connectivity index (χ0v) is 19.4. The lowest BCUT2D eigenvalue weighted by Gasteiger charge is -2.29. The zero-order chi connectivity index (χ0) is 23.9. The number of allylic oxidation sites excluding steroid dienone is 2. The first-order chi connectivity index (χ1) is 16.6. The van der Waals surface area contributed by atoms with Crippen molar-refractivity contribution in [2.24, 2.45) is 0 Å². The van der Waals surface area contributed by atoms with Gasteiger partial charge < -0.3 is 10.6 Å². The number of hydrogen-bond donors (Lipinski definition) is 2. The highest BCUT2D eigenvalue weighted by Crippen LogP contribution is 2.41. The molecule has 1 heterocycles. The van der Waals surface area contributed by atoms with Gasteiger partial charge in [-0.05, 0) is 24.6 Å². The van der Waals surface area contributed by atoms with Gasteiger partial charge in [-0.1, -0.05) is 90.6 Å². The first kappa shape index (κ1) is 23.1. The van der Waals surface area contributed by atoms with Crippen LogP contribution < -0.4 is 10.6 Å². The molecular formula is C28H23N3O2S. The summed E-state index contributed by atoms with van der Waals surface area (Å²) in [4.78, 5) is 26.0. The van der Waals surface area contributed by atoms with Crippen molar-refractivity contribution in [3.63, 3.8) is 0 Å². The van der Waals surface area contributed by atoms with Gasteiger partial charge in [0.05, 0.1) is 28.3 Å². The summed E-state index contributed by atoms with van der Waals surface area (Å²) in [7, 11) is 0. The van der Waals surface area contributed by atoms with E-state index in [-0.39, 0.29) is 17.4 Å². The van der Waals surface area contributed by atoms with Gasteiger partial charge in [-0.15, -0.1) is 0 Å². The number of thioether (sulfide) groups is 1. The molecular weight excluding hydrogens is 442 g/mol. The summed E-state index contributed by atoms with van der Waals surface area (Å²) in [5.74, 6) is -0.673. The van der Waals surface area contributed by atoms with E-state index < -0.39 is 5.92 Å². The topological polar surface area (TPSA) is 82.0 Å². The van der Waals surface area contributed by atoms with E-state index in [1.807, 2.05) is 85.8 Å². The quantitative estimate of drug-likeness (QED) is 0.442. The molecule has 34 heavy (non-hydrogen) atoms. The second-order valence-electron chi connectivity index (χ2n) is 7.76. The Kier molecular flexibility index (Phi) is 7.26. The van der Waals surface area contributed by atoms with E-state index in [2.05, 4.69) is 16.7 Å². The molecule has 0 spiro atoms. The predicted octanol–water partition coefficient (Wildman–Crippen LogP) is 5.64. The number of nitriles is 1. The Balaban J connectivity index is 1.67. The molecule has 168 valence electrons. The third-order valence-corrected chi connectivity index (χ3v) is 6.52. The number of nitrogens with one attached hydrogen (secondary N) is 2. The molecule has 1 aliphatic rings. The molecule has 1 atom stereocenters. The van der Waals surface area contributed by atoms with Crippen molar-refractivity contribution in [1.82, 2.24) is 5.32 Å². The minimum atomic E-state index is -0.550. The minimum Gasteiger partial charge on any atom is -0.353 e. The number of carbonyl (C=O) groups excluding carboxylic acids is 2. The van der Waals surface area contributed by atoms with Crippen molar-refractivity contribution in [2.45, 2.75) is 12.8 Å². The van der Waals surface area contributed by atoms with Crippen molar-refractivity contribution in [3.8, 4) is 6.07 Å². The van der Waals surface area contributed by atoms with Crippen molar-refractivity contribution in [2.75, 3.05) is 11.1 Å². The summed E-state index contributed by atoms with van der Waals surface area (Å²) in [5, 5.41) is 16.9. The number of dihydropyridines is 1. The smallest absolute Gasteiger partial charge is 0.254 e. The maximum absolute atomic E-state index is 13.4. The van der Waals surface area contributed by atoms with Gasteiger partial charge in [-0.3, -0.25) is 9.59 Å². The normalized spacial score (nSPS) is 15.4. The number of ketones is 1. The van der Waals surface area contributed by atoms with Gasteiger partial charge in [-0.25, -0.2) is 0 Å². The molecule has 0 saturated heterocycles. The van der Waals surface area contributed by atoms with Crippen LogP contribution in [0.15, 0.2) is 113 Å². The molecule has 0 aliphatic carbocycles. The average molecular weight is 466 g/mol. The standard InChI is InChI=1S/C28H23N3O2S/c1-19-25(27(33)31-22-15-9-4-10-16-22)26(21-13-7-3-8-14-21)23(17-29)28(30-19)34-18-24(32)20-11-5-2-6-12-20/h2-16,26,30H,18H2,1H3,(H,31,33)/t26-/m0/s1. The lowest BCUT2D eigenvalue weighted by Crippen LogP contribution is -2.31. The highest BCUT2D eigenvalue weighted by molar-refractivity contribution is 8.03. The zero-order valence-electron chi connectivity index (χ0n) is 18.6. The van der Waals surface area contributed by atoms with E-state index in [0.29, 0.717) is 33.1 Å². The van der Waals surface area contributed by atoms with Gasteiger partial charge in [0.1, 0.15) is 0 Å². The molecule has 1 amide bonds. The average Bonchev–Trinajstić information content (AvgIpc) is 2.88. The number of rotatable bonds is 7. The monoisotopic (exact) mass is 465 g/mol. The molecule has 0 unspecified atom stereocenters. The summed E-state index contributed by atoms with van der Waals surface area (Å²) in [6.45, 7) is 1.82. The van der Waals surface area contributed by atoms with Crippen LogP contribution in [0.5, 0.6) is 0 Å². The number of benzene rings is 3. The fourth-order valence-electron chi connectivity index (χ4n) is 3.87. The molecule has 0 bridgehead atoms. The predicted molar refractivity (Wildman–Crippen MR) is 136 cm³/mol. The highest BCUT2D eigenvalue weighted by atomic mass is 32.2. The van der Waals surface area contributed by atoms with Gasteiger partial charge in [0, 0.05) is 22.5 Å². The summed E-state index contributed by atoms with van der Waals surface area (Å²) in [5.41, 5.74) is 3.68. The molecule has 1 aliphatic heterocycles. The van der Waals surface area contributed by atoms with Crippen molar-refractivity contribution in [1.29, 1.82) is 5.26 Å². The first-order valence-electron chi connectivity index (χ1n) is 10.8. The Bertz CT molecular complexity index is 1290. The van der Waals surface area contributed by atoms with Gasteiger partial charge in [0.2, 0.25) is 0 Å². The Morgan fingerprint density at radius 2 is 1.53 bits per heavy atom. The SMILES string of the molecule is CC1=C(C(=O)Nc2ccccc2)[C@@H](c2ccccc2)C(C#N)=C(SCC(=O)c2ccccc2)N1. The lowest BCUT2D eigenvalue weighted by molar-refractivity contribution is -0.113. The van der Waals surface area contributed by atoms with E-state index >= 15 is 0 Å². The molecule has 0 aromatic heterocycles. The lowest BCUT2D eigenvalue weighted by atomic mass is 9.82. The van der Waals surface area contributed by atoms with E-state index in [4.69, 9.17) is 0 Å². The van der Waals surface area contributed by atoms with Gasteiger partial charge >= 0.3 is 0 Å². The van der Waals surface area contributed by atoms with Crippen LogP contribution in [0.4, 0.5) is 5.69 Å². The molecule has 3 aromatic carbocycles. The number of hydrogen-bond acceptors (Lipinski definition) is 5. The number of amides is 1. The van der Waals surface area contributed by atoms with Crippen LogP contribution in [0.2, 0.25) is 0 Å². The maximum atomic E-state index is 13.4. The third-order valence-electron chi connectivity index (χ3n) is 5.50. The van der Waals surface area contributed by atoms with Crippen LogP contribution in [0.3, 0.4) is 0 Å². The Morgan fingerprint density at radius 3 is 2.15 bits per heavy atom. The minimum absolute atomic E-state index is 0.0253. The fourth-order valence-corrected chi connectivity index (χ4v) is 4.86. The highest BCUT2D eigenvalue weighted by Gasteiger charge is 2.34. The van der Waals surface area contributed by atoms with Crippen molar-refractivity contribution < 1.29 is 9.59 Å². The van der Waals surface area contributed by atoms with Gasteiger partial charge in [0.15, 0.2) is 5.78 Å². The molecule has 5 nitrogen and oxygen atoms in total. The fraction of sp³-hybridized carbons (Fsp3) is 0.107. The summed E-state index contributed by atoms with van der Waals surface area (Å²) in [6, 6.07) is 30.1. The number of para-hydroxylation sites is 1. The van der Waals surface area contributed by atoms with Crippen LogP contribution >= 0.6 is 11.8 Å². The summed E-state index contributed by atoms with van der Waals surface area (Å²) >= 11 is 1.28. The van der Waals surface area contributed by atoms with E-state index in [1.165, 1.54) is 11.8 Å². The molecule has 0 saturated carbocycles. The van der Waals surface area contributed by atoms with Crippen LogP contribution in [0, 0.1) is 11.3 Å². The molecule has 4 rings (SSSR count). The summed E-state index contributed by atoms with van der Waals surface area (Å²) in [6.07, 6.45) is 0.